The van der Waals surface area contributed by atoms with E-state index in [2.05, 4.69) is 36.1 Å². The summed E-state index contributed by atoms with van der Waals surface area (Å²) in [5.41, 5.74) is 4.89. The van der Waals surface area contributed by atoms with Gasteiger partial charge in [-0.1, -0.05) is 49.4 Å². The molecule has 3 heteroatoms. The first-order chi connectivity index (χ1) is 11.3. The van der Waals surface area contributed by atoms with Gasteiger partial charge in [0.25, 0.3) is 0 Å². The third-order valence-corrected chi connectivity index (χ3v) is 4.85. The first-order valence-electron chi connectivity index (χ1n) is 8.67. The summed E-state index contributed by atoms with van der Waals surface area (Å²) in [5, 5.41) is 0. The molecule has 0 atom stereocenters. The Hall–Kier alpha value is -1.64. The van der Waals surface area contributed by atoms with Gasteiger partial charge in [-0.25, -0.2) is 0 Å². The Morgan fingerprint density at radius 3 is 2.42 bits per heavy atom. The summed E-state index contributed by atoms with van der Waals surface area (Å²) in [7, 11) is 0. The van der Waals surface area contributed by atoms with Gasteiger partial charge in [-0.3, -0.25) is 4.79 Å². The molecule has 0 saturated carbocycles. The van der Waals surface area contributed by atoms with E-state index in [4.69, 9.17) is 0 Å². The third kappa shape index (κ3) is 4.68. The van der Waals surface area contributed by atoms with E-state index in [0.717, 1.165) is 44.5 Å². The van der Waals surface area contributed by atoms with E-state index in [1.54, 1.807) is 0 Å². The monoisotopic (exact) mass is 343 g/mol. The lowest BCUT2D eigenvalue weighted by atomic mass is 9.96. The second-order valence-electron chi connectivity index (χ2n) is 6.33. The Kier molecular flexibility index (Phi) is 7.01. The van der Waals surface area contributed by atoms with Crippen molar-refractivity contribution < 1.29 is 4.79 Å². The van der Waals surface area contributed by atoms with Crippen LogP contribution in [0.5, 0.6) is 0 Å². The summed E-state index contributed by atoms with van der Waals surface area (Å²) in [6.07, 6.45) is 3.56. The van der Waals surface area contributed by atoms with E-state index in [9.17, 15) is 4.79 Å². The predicted octanol–water partition coefficient (Wildman–Crippen LogP) is 4.34. The number of ketones is 1. The van der Waals surface area contributed by atoms with Crippen molar-refractivity contribution in [2.45, 2.75) is 32.6 Å². The topological polar surface area (TPSA) is 20.3 Å². The van der Waals surface area contributed by atoms with Crippen molar-refractivity contribution in [3.8, 4) is 0 Å². The standard InChI is InChI=1S/C21H25NO.ClH/c1-2-22-14-12-18-9-10-20(16-19(18)13-15-22)21(23)11-8-17-6-4-3-5-7-17;/h3-7,9-10,16H,2,8,11-15H2,1H3;1H. The molecule has 0 unspecified atom stereocenters. The zero-order chi connectivity index (χ0) is 16.1. The van der Waals surface area contributed by atoms with Crippen molar-refractivity contribution in [3.05, 3.63) is 70.8 Å². The SMILES string of the molecule is CCN1CCc2ccc(C(=O)CCc3ccccc3)cc2CC1.Cl. The van der Waals surface area contributed by atoms with Gasteiger partial charge in [0.1, 0.15) is 0 Å². The van der Waals surface area contributed by atoms with Crippen LogP contribution in [0.4, 0.5) is 0 Å². The van der Waals surface area contributed by atoms with Crippen molar-refractivity contribution in [1.29, 1.82) is 0 Å². The number of likely N-dealkylation sites (N-methyl/N-ethyl adjacent to an activating group) is 1. The van der Waals surface area contributed by atoms with Gasteiger partial charge in [0.05, 0.1) is 0 Å². The fraction of sp³-hybridized carbons (Fsp3) is 0.381. The summed E-state index contributed by atoms with van der Waals surface area (Å²) in [6.45, 7) is 5.56. The second kappa shape index (κ2) is 9.00. The number of fused-ring (bicyclic) bond motifs is 1. The molecule has 0 fully saturated rings. The molecular formula is C21H26ClNO. The molecule has 0 radical (unpaired) electrons. The molecule has 1 heterocycles. The number of aryl methyl sites for hydroxylation is 1. The molecule has 1 aliphatic rings. The zero-order valence-corrected chi connectivity index (χ0v) is 15.1. The fourth-order valence-corrected chi connectivity index (χ4v) is 3.31. The first kappa shape index (κ1) is 18.7. The van der Waals surface area contributed by atoms with Gasteiger partial charge in [0.2, 0.25) is 0 Å². The van der Waals surface area contributed by atoms with Gasteiger partial charge in [0, 0.05) is 25.1 Å². The summed E-state index contributed by atoms with van der Waals surface area (Å²) in [4.78, 5) is 15.0. The Balaban J connectivity index is 0.00000208. The van der Waals surface area contributed by atoms with Crippen molar-refractivity contribution in [1.82, 2.24) is 4.90 Å². The normalized spacial score (nSPS) is 14.4. The quantitative estimate of drug-likeness (QED) is 0.752. The largest absolute Gasteiger partial charge is 0.303 e. The van der Waals surface area contributed by atoms with Crippen molar-refractivity contribution in [3.63, 3.8) is 0 Å². The number of Topliss-reactive ketones (excluding diaryl/α,β-unsaturated/α-hetero) is 1. The molecule has 0 amide bonds. The zero-order valence-electron chi connectivity index (χ0n) is 14.3. The van der Waals surface area contributed by atoms with Crippen LogP contribution in [0.3, 0.4) is 0 Å². The summed E-state index contributed by atoms with van der Waals surface area (Å²) >= 11 is 0. The number of hydrogen-bond donors (Lipinski definition) is 0. The minimum Gasteiger partial charge on any atom is -0.303 e. The van der Waals surface area contributed by atoms with Gasteiger partial charge < -0.3 is 4.90 Å². The molecule has 2 aromatic carbocycles. The van der Waals surface area contributed by atoms with Crippen molar-refractivity contribution in [2.75, 3.05) is 19.6 Å². The molecule has 24 heavy (non-hydrogen) atoms. The van der Waals surface area contributed by atoms with Gasteiger partial charge in [-0.15, -0.1) is 12.4 Å². The van der Waals surface area contributed by atoms with Crippen LogP contribution < -0.4 is 0 Å². The van der Waals surface area contributed by atoms with Crippen LogP contribution >= 0.6 is 12.4 Å². The molecule has 0 N–H and O–H groups in total. The van der Waals surface area contributed by atoms with E-state index in [1.165, 1.54) is 16.7 Å². The fourth-order valence-electron chi connectivity index (χ4n) is 3.31. The highest BCUT2D eigenvalue weighted by Crippen LogP contribution is 2.19. The van der Waals surface area contributed by atoms with Crippen LogP contribution in [0.2, 0.25) is 0 Å². The highest BCUT2D eigenvalue weighted by molar-refractivity contribution is 5.96. The van der Waals surface area contributed by atoms with Gasteiger partial charge >= 0.3 is 0 Å². The second-order valence-corrected chi connectivity index (χ2v) is 6.33. The summed E-state index contributed by atoms with van der Waals surface area (Å²) < 4.78 is 0. The predicted molar refractivity (Wildman–Crippen MR) is 102 cm³/mol. The minimum atomic E-state index is 0. The van der Waals surface area contributed by atoms with Crippen LogP contribution in [0.25, 0.3) is 0 Å². The Bertz CT molecular complexity index is 669. The smallest absolute Gasteiger partial charge is 0.163 e. The average molecular weight is 344 g/mol. The number of carbonyl (C=O) groups is 1. The molecule has 2 aromatic rings. The van der Waals surface area contributed by atoms with E-state index in [0.29, 0.717) is 6.42 Å². The lowest BCUT2D eigenvalue weighted by molar-refractivity contribution is 0.0982. The molecule has 0 aliphatic carbocycles. The first-order valence-corrected chi connectivity index (χ1v) is 8.67. The van der Waals surface area contributed by atoms with Crippen LogP contribution in [-0.2, 0) is 19.3 Å². The molecule has 1 aliphatic heterocycles. The van der Waals surface area contributed by atoms with Gasteiger partial charge in [-0.2, -0.15) is 0 Å². The van der Waals surface area contributed by atoms with Crippen LogP contribution in [0.15, 0.2) is 48.5 Å². The highest BCUT2D eigenvalue weighted by Gasteiger charge is 2.15. The third-order valence-electron chi connectivity index (χ3n) is 4.85. The Morgan fingerprint density at radius 1 is 1.00 bits per heavy atom. The number of hydrogen-bond acceptors (Lipinski definition) is 2. The van der Waals surface area contributed by atoms with Crippen LogP contribution in [-0.4, -0.2) is 30.3 Å². The molecular weight excluding hydrogens is 318 g/mol. The van der Waals surface area contributed by atoms with E-state index < -0.39 is 0 Å². The van der Waals surface area contributed by atoms with Crippen LogP contribution in [0, 0.1) is 0 Å². The molecule has 0 spiro atoms. The number of rotatable bonds is 5. The number of nitrogens with zero attached hydrogens (tertiary/aromatic N) is 1. The van der Waals surface area contributed by atoms with Crippen LogP contribution in [0.1, 0.15) is 40.4 Å². The van der Waals surface area contributed by atoms with Gasteiger partial charge in [0.15, 0.2) is 5.78 Å². The van der Waals surface area contributed by atoms with E-state index >= 15 is 0 Å². The number of halogens is 1. The Labute approximate surface area is 151 Å². The summed E-state index contributed by atoms with van der Waals surface area (Å²) in [5.74, 6) is 0.258. The van der Waals surface area contributed by atoms with E-state index in [1.807, 2.05) is 24.3 Å². The Morgan fingerprint density at radius 2 is 1.71 bits per heavy atom. The lowest BCUT2D eigenvalue weighted by Gasteiger charge is -2.16. The van der Waals surface area contributed by atoms with Gasteiger partial charge in [-0.05, 0) is 48.6 Å². The molecule has 2 nitrogen and oxygen atoms in total. The minimum absolute atomic E-state index is 0. The molecule has 3 rings (SSSR count). The van der Waals surface area contributed by atoms with Crippen molar-refractivity contribution >= 4 is 18.2 Å². The maximum absolute atomic E-state index is 12.5. The van der Waals surface area contributed by atoms with E-state index in [-0.39, 0.29) is 18.2 Å². The molecule has 0 bridgehead atoms. The molecule has 128 valence electrons. The summed E-state index contributed by atoms with van der Waals surface area (Å²) in [6, 6.07) is 16.6. The highest BCUT2D eigenvalue weighted by atomic mass is 35.5. The molecule has 0 saturated heterocycles. The molecule has 0 aromatic heterocycles. The maximum atomic E-state index is 12.5. The lowest BCUT2D eigenvalue weighted by Crippen LogP contribution is -2.25. The number of benzene rings is 2. The average Bonchev–Trinajstić information content (AvgIpc) is 2.82. The number of carbonyl (C=O) groups excluding carboxylic acids is 1. The van der Waals surface area contributed by atoms with Crippen molar-refractivity contribution in [2.24, 2.45) is 0 Å². The maximum Gasteiger partial charge on any atom is 0.163 e.